The summed E-state index contributed by atoms with van der Waals surface area (Å²) in [5.74, 6) is 0.858. The molecule has 1 aliphatic rings. The molecule has 0 unspecified atom stereocenters. The van der Waals surface area contributed by atoms with Crippen molar-refractivity contribution in [2.24, 2.45) is 0 Å². The maximum atomic E-state index is 12.6. The highest BCUT2D eigenvalue weighted by Crippen LogP contribution is 2.32. The van der Waals surface area contributed by atoms with Gasteiger partial charge in [0.05, 0.1) is 11.9 Å². The van der Waals surface area contributed by atoms with Crippen LogP contribution in [-0.2, 0) is 9.53 Å². The molecule has 1 aromatic carbocycles. The van der Waals surface area contributed by atoms with Crippen LogP contribution in [-0.4, -0.2) is 35.8 Å². The summed E-state index contributed by atoms with van der Waals surface area (Å²) in [7, 11) is 0. The van der Waals surface area contributed by atoms with Crippen LogP contribution in [0, 0.1) is 13.8 Å². The zero-order valence-electron chi connectivity index (χ0n) is 15.4. The number of rotatable bonds is 5. The first kappa shape index (κ1) is 19.5. The Morgan fingerprint density at radius 1 is 1.37 bits per heavy atom. The molecule has 0 spiro atoms. The number of carbonyl (C=O) groups is 1. The summed E-state index contributed by atoms with van der Waals surface area (Å²) in [5.41, 5.74) is 2.75. The normalized spacial score (nSPS) is 14.6. The van der Waals surface area contributed by atoms with E-state index < -0.39 is 0 Å². The highest BCUT2D eigenvalue weighted by molar-refractivity contribution is 9.10. The molecule has 0 atom stereocenters. The van der Waals surface area contributed by atoms with Crippen molar-refractivity contribution >= 4 is 33.3 Å². The van der Waals surface area contributed by atoms with Gasteiger partial charge in [0.25, 0.3) is 5.91 Å². The minimum atomic E-state index is -0.245. The van der Waals surface area contributed by atoms with Gasteiger partial charge in [-0.1, -0.05) is 22.5 Å². The molecule has 1 aromatic heterocycles. The number of hydroxylamine groups is 2. The lowest BCUT2D eigenvalue weighted by molar-refractivity contribution is -0.163. The quantitative estimate of drug-likeness (QED) is 0.660. The van der Waals surface area contributed by atoms with E-state index in [-0.39, 0.29) is 5.91 Å². The first-order valence-corrected chi connectivity index (χ1v) is 9.49. The van der Waals surface area contributed by atoms with Crippen molar-refractivity contribution in [1.82, 2.24) is 10.0 Å². The van der Waals surface area contributed by atoms with Gasteiger partial charge in [0.1, 0.15) is 12.5 Å². The van der Waals surface area contributed by atoms with Crippen LogP contribution in [0.5, 0.6) is 5.75 Å². The molecule has 142 valence electrons. The lowest BCUT2D eigenvalue weighted by Crippen LogP contribution is -2.35. The summed E-state index contributed by atoms with van der Waals surface area (Å²) in [6.07, 6.45) is 3.82. The Balaban J connectivity index is 1.88. The van der Waals surface area contributed by atoms with E-state index in [4.69, 9.17) is 9.57 Å². The first-order valence-electron chi connectivity index (χ1n) is 8.69. The molecule has 1 fully saturated rings. The van der Waals surface area contributed by atoms with E-state index >= 15 is 0 Å². The van der Waals surface area contributed by atoms with Gasteiger partial charge >= 0.3 is 0 Å². The number of anilines is 2. The Hall–Kier alpha value is -2.22. The highest BCUT2D eigenvalue weighted by atomic mass is 79.9. The molecule has 0 saturated carbocycles. The summed E-state index contributed by atoms with van der Waals surface area (Å²) < 4.78 is 6.36. The van der Waals surface area contributed by atoms with E-state index in [1.165, 1.54) is 6.08 Å². The van der Waals surface area contributed by atoms with Gasteiger partial charge in [0.2, 0.25) is 0 Å². The summed E-state index contributed by atoms with van der Waals surface area (Å²) in [5, 5.41) is 1.75. The second-order valence-corrected chi connectivity index (χ2v) is 7.16. The lowest BCUT2D eigenvalue weighted by atomic mass is 10.1. The number of aromatic nitrogens is 1. The molecule has 3 rings (SSSR count). The third kappa shape index (κ3) is 4.55. The molecule has 27 heavy (non-hydrogen) atoms. The molecule has 0 bridgehead atoms. The Morgan fingerprint density at radius 3 is 2.81 bits per heavy atom. The largest absolute Gasteiger partial charge is 0.402 e. The van der Waals surface area contributed by atoms with Gasteiger partial charge in [-0.25, -0.2) is 4.98 Å². The van der Waals surface area contributed by atoms with Crippen molar-refractivity contribution in [2.75, 3.05) is 24.8 Å². The fourth-order valence-corrected chi connectivity index (χ4v) is 3.26. The van der Waals surface area contributed by atoms with Gasteiger partial charge in [0.15, 0.2) is 5.75 Å². The van der Waals surface area contributed by atoms with Crippen LogP contribution in [0.25, 0.3) is 0 Å². The third-order valence-corrected chi connectivity index (χ3v) is 5.08. The van der Waals surface area contributed by atoms with E-state index in [0.717, 1.165) is 40.9 Å². The van der Waals surface area contributed by atoms with Crippen molar-refractivity contribution in [3.63, 3.8) is 0 Å². The van der Waals surface area contributed by atoms with E-state index in [0.29, 0.717) is 18.3 Å². The Labute approximate surface area is 167 Å². The summed E-state index contributed by atoms with van der Waals surface area (Å²) in [6.45, 7) is 9.55. The SMILES string of the molecule is C=CC(=O)N(c1ccc(ON2CCCOC2)cn1)c1cc(C)c(Br)cc1C. The van der Waals surface area contributed by atoms with Gasteiger partial charge < -0.3 is 9.57 Å². The number of carbonyl (C=O) groups excluding carboxylic acids is 1. The molecule has 7 heteroatoms. The predicted molar refractivity (Wildman–Crippen MR) is 108 cm³/mol. The number of pyridine rings is 1. The molecule has 1 amide bonds. The molecule has 1 aliphatic heterocycles. The van der Waals surface area contributed by atoms with E-state index in [2.05, 4.69) is 27.5 Å². The molecule has 2 aromatic rings. The number of ether oxygens (including phenoxy) is 1. The number of benzene rings is 1. The topological polar surface area (TPSA) is 54.9 Å². The number of hydrogen-bond donors (Lipinski definition) is 0. The number of nitrogens with zero attached hydrogens (tertiary/aromatic N) is 3. The van der Waals surface area contributed by atoms with Gasteiger partial charge in [-0.15, -0.1) is 5.06 Å². The van der Waals surface area contributed by atoms with Crippen LogP contribution < -0.4 is 9.74 Å². The molecular weight excluding hydrogens is 410 g/mol. The van der Waals surface area contributed by atoms with Crippen LogP contribution in [0.15, 0.2) is 47.6 Å². The summed E-state index contributed by atoms with van der Waals surface area (Å²) >= 11 is 3.53. The smallest absolute Gasteiger partial charge is 0.256 e. The standard InChI is InChI=1S/C20H22BrN3O3/c1-4-20(25)24(18-11-14(2)17(21)10-15(18)3)19-7-6-16(12-22-19)27-23-8-5-9-26-13-23/h4,6-7,10-12H,1,5,8-9,13H2,2-3H3. The molecule has 0 N–H and O–H groups in total. The van der Waals surface area contributed by atoms with Gasteiger partial charge in [-0.05, 0) is 61.7 Å². The summed E-state index contributed by atoms with van der Waals surface area (Å²) in [4.78, 5) is 24.3. The van der Waals surface area contributed by atoms with Crippen LogP contribution in [0.4, 0.5) is 11.5 Å². The first-order chi connectivity index (χ1) is 13.0. The van der Waals surface area contributed by atoms with Gasteiger partial charge in [0, 0.05) is 17.6 Å². The number of aryl methyl sites for hydroxylation is 2. The molecule has 2 heterocycles. The van der Waals surface area contributed by atoms with Crippen LogP contribution in [0.2, 0.25) is 0 Å². The Morgan fingerprint density at radius 2 is 2.19 bits per heavy atom. The molecular formula is C20H22BrN3O3. The maximum absolute atomic E-state index is 12.6. The van der Waals surface area contributed by atoms with E-state index in [1.807, 2.05) is 26.0 Å². The van der Waals surface area contributed by atoms with Crippen LogP contribution >= 0.6 is 15.9 Å². The minimum absolute atomic E-state index is 0.245. The number of hydrogen-bond acceptors (Lipinski definition) is 5. The zero-order valence-corrected chi connectivity index (χ0v) is 17.0. The maximum Gasteiger partial charge on any atom is 0.256 e. The predicted octanol–water partition coefficient (Wildman–Crippen LogP) is 4.29. The second-order valence-electron chi connectivity index (χ2n) is 6.31. The number of amides is 1. The van der Waals surface area contributed by atoms with Crippen molar-refractivity contribution in [2.45, 2.75) is 20.3 Å². The molecule has 0 aliphatic carbocycles. The number of halogens is 1. The monoisotopic (exact) mass is 431 g/mol. The van der Waals surface area contributed by atoms with E-state index in [9.17, 15) is 4.79 Å². The fourth-order valence-electron chi connectivity index (χ4n) is 2.81. The van der Waals surface area contributed by atoms with Gasteiger partial charge in [-0.3, -0.25) is 9.69 Å². The van der Waals surface area contributed by atoms with Crippen molar-refractivity contribution < 1.29 is 14.4 Å². The lowest BCUT2D eigenvalue weighted by Gasteiger charge is -2.26. The van der Waals surface area contributed by atoms with Crippen LogP contribution in [0.3, 0.4) is 0 Å². The minimum Gasteiger partial charge on any atom is -0.402 e. The Bertz CT molecular complexity index is 833. The van der Waals surface area contributed by atoms with Crippen molar-refractivity contribution in [1.29, 1.82) is 0 Å². The van der Waals surface area contributed by atoms with Gasteiger partial charge in [-0.2, -0.15) is 0 Å². The second kappa shape index (κ2) is 8.65. The van der Waals surface area contributed by atoms with E-state index in [1.54, 1.807) is 28.3 Å². The molecule has 6 nitrogen and oxygen atoms in total. The molecule has 0 radical (unpaired) electrons. The van der Waals surface area contributed by atoms with Crippen LogP contribution in [0.1, 0.15) is 17.5 Å². The average Bonchev–Trinajstić information content (AvgIpc) is 2.68. The zero-order chi connectivity index (χ0) is 19.4. The highest BCUT2D eigenvalue weighted by Gasteiger charge is 2.20. The van der Waals surface area contributed by atoms with Crippen molar-refractivity contribution in [3.05, 3.63) is 58.7 Å². The molecule has 1 saturated heterocycles. The summed E-state index contributed by atoms with van der Waals surface area (Å²) in [6, 6.07) is 7.50. The third-order valence-electron chi connectivity index (χ3n) is 4.23. The Kier molecular flexibility index (Phi) is 6.26. The average molecular weight is 432 g/mol. The fraction of sp³-hybridized carbons (Fsp3) is 0.300. The van der Waals surface area contributed by atoms with Crippen molar-refractivity contribution in [3.8, 4) is 5.75 Å².